The maximum atomic E-state index is 5.82. The Labute approximate surface area is 160 Å². The number of rotatable bonds is 10. The number of nitrogen functional groups attached to an aromatic ring is 1. The molecule has 1 aromatic heterocycles. The van der Waals surface area contributed by atoms with Gasteiger partial charge in [-0.05, 0) is 25.9 Å². The molecule has 27 heavy (non-hydrogen) atoms. The molecule has 0 radical (unpaired) electrons. The van der Waals surface area contributed by atoms with Crippen molar-refractivity contribution >= 4 is 17.8 Å². The lowest BCUT2D eigenvalue weighted by molar-refractivity contribution is 0.0378. The number of nitrogens with two attached hydrogens (primary N) is 1. The van der Waals surface area contributed by atoms with E-state index >= 15 is 0 Å². The third kappa shape index (κ3) is 7.41. The highest BCUT2D eigenvalue weighted by atomic mass is 16.5. The highest BCUT2D eigenvalue weighted by Gasteiger charge is 2.11. The third-order valence-electron chi connectivity index (χ3n) is 4.73. The Hall–Kier alpha value is -1.75. The Morgan fingerprint density at radius 3 is 1.63 bits per heavy atom. The van der Waals surface area contributed by atoms with Gasteiger partial charge in [0.2, 0.25) is 17.8 Å². The lowest BCUT2D eigenvalue weighted by Gasteiger charge is -2.26. The average Bonchev–Trinajstić information content (AvgIpc) is 2.70. The van der Waals surface area contributed by atoms with Gasteiger partial charge >= 0.3 is 0 Å². The Kier molecular flexibility index (Phi) is 8.28. The number of anilines is 3. The summed E-state index contributed by atoms with van der Waals surface area (Å²) in [6.45, 7) is 11.1. The second kappa shape index (κ2) is 11.2. The van der Waals surface area contributed by atoms with E-state index in [9.17, 15) is 0 Å². The Morgan fingerprint density at radius 1 is 0.741 bits per heavy atom. The van der Waals surface area contributed by atoms with Gasteiger partial charge < -0.3 is 25.8 Å². The maximum Gasteiger partial charge on any atom is 0.229 e. The van der Waals surface area contributed by atoms with Gasteiger partial charge in [0, 0.05) is 39.3 Å². The molecule has 152 valence electrons. The van der Waals surface area contributed by atoms with Crippen molar-refractivity contribution in [2.24, 2.45) is 0 Å². The van der Waals surface area contributed by atoms with Gasteiger partial charge in [0.15, 0.2) is 0 Å². The van der Waals surface area contributed by atoms with E-state index in [2.05, 4.69) is 35.4 Å². The molecule has 0 aromatic carbocycles. The van der Waals surface area contributed by atoms with Crippen molar-refractivity contribution in [3.8, 4) is 0 Å². The van der Waals surface area contributed by atoms with Crippen molar-refractivity contribution in [3.63, 3.8) is 0 Å². The van der Waals surface area contributed by atoms with Crippen LogP contribution < -0.4 is 16.4 Å². The molecular weight excluding hydrogens is 348 g/mol. The molecule has 3 rings (SSSR count). The van der Waals surface area contributed by atoms with Gasteiger partial charge in [0.1, 0.15) is 0 Å². The van der Waals surface area contributed by atoms with E-state index < -0.39 is 0 Å². The molecule has 0 atom stereocenters. The topological polar surface area (TPSA) is 114 Å². The molecular formula is C17H32N8O2. The predicted octanol–water partition coefficient (Wildman–Crippen LogP) is -0.278. The van der Waals surface area contributed by atoms with Crippen LogP contribution >= 0.6 is 0 Å². The summed E-state index contributed by atoms with van der Waals surface area (Å²) >= 11 is 0. The SMILES string of the molecule is Nc1nc(NCCCN2CCOCC2)nc(NCCCN2CCOCC2)n1. The largest absolute Gasteiger partial charge is 0.379 e. The number of hydrogen-bond donors (Lipinski definition) is 3. The molecule has 1 aromatic rings. The van der Waals surface area contributed by atoms with Crippen molar-refractivity contribution in [3.05, 3.63) is 0 Å². The minimum absolute atomic E-state index is 0.233. The molecule has 2 aliphatic heterocycles. The Bertz CT molecular complexity index is 505. The van der Waals surface area contributed by atoms with Crippen LogP contribution in [0.25, 0.3) is 0 Å². The summed E-state index contributed by atoms with van der Waals surface area (Å²) in [5.41, 5.74) is 5.82. The molecule has 10 nitrogen and oxygen atoms in total. The van der Waals surface area contributed by atoms with Crippen molar-refractivity contribution in [1.82, 2.24) is 24.8 Å². The number of hydrogen-bond acceptors (Lipinski definition) is 10. The van der Waals surface area contributed by atoms with Crippen LogP contribution in [0.3, 0.4) is 0 Å². The van der Waals surface area contributed by atoms with Gasteiger partial charge in [-0.3, -0.25) is 9.80 Å². The summed E-state index contributed by atoms with van der Waals surface area (Å²) in [5.74, 6) is 1.29. The first-order chi connectivity index (χ1) is 13.3. The van der Waals surface area contributed by atoms with Crippen LogP contribution in [0.2, 0.25) is 0 Å². The van der Waals surface area contributed by atoms with Crippen LogP contribution in [-0.2, 0) is 9.47 Å². The summed E-state index contributed by atoms with van der Waals surface area (Å²) < 4.78 is 10.7. The van der Waals surface area contributed by atoms with Crippen molar-refractivity contribution in [2.75, 3.05) is 95.2 Å². The van der Waals surface area contributed by atoms with Gasteiger partial charge in [-0.2, -0.15) is 15.0 Å². The fourth-order valence-corrected chi connectivity index (χ4v) is 3.21. The van der Waals surface area contributed by atoms with E-state index in [0.717, 1.165) is 91.6 Å². The Balaban J connectivity index is 1.33. The number of ether oxygens (including phenoxy) is 2. The molecule has 0 spiro atoms. The lowest BCUT2D eigenvalue weighted by atomic mass is 10.3. The molecule has 0 bridgehead atoms. The van der Waals surface area contributed by atoms with E-state index in [1.165, 1.54) is 0 Å². The molecule has 2 aliphatic rings. The minimum Gasteiger partial charge on any atom is -0.379 e. The molecule has 2 saturated heterocycles. The molecule has 2 fully saturated rings. The first-order valence-electron chi connectivity index (χ1n) is 9.89. The van der Waals surface area contributed by atoms with E-state index in [1.807, 2.05) is 0 Å². The first kappa shape index (κ1) is 20.0. The van der Waals surface area contributed by atoms with Crippen LogP contribution in [-0.4, -0.2) is 104 Å². The van der Waals surface area contributed by atoms with Crippen molar-refractivity contribution < 1.29 is 9.47 Å². The summed E-state index contributed by atoms with van der Waals surface area (Å²) in [5, 5.41) is 6.49. The molecule has 0 aliphatic carbocycles. The van der Waals surface area contributed by atoms with Crippen molar-refractivity contribution in [2.45, 2.75) is 12.8 Å². The van der Waals surface area contributed by atoms with E-state index in [1.54, 1.807) is 0 Å². The van der Waals surface area contributed by atoms with Crippen LogP contribution in [0, 0.1) is 0 Å². The second-order valence-corrected chi connectivity index (χ2v) is 6.81. The third-order valence-corrected chi connectivity index (χ3v) is 4.73. The first-order valence-corrected chi connectivity index (χ1v) is 9.89. The van der Waals surface area contributed by atoms with E-state index in [4.69, 9.17) is 15.2 Å². The fourth-order valence-electron chi connectivity index (χ4n) is 3.21. The summed E-state index contributed by atoms with van der Waals surface area (Å²) in [4.78, 5) is 17.6. The number of nitrogens with one attached hydrogen (secondary N) is 2. The monoisotopic (exact) mass is 380 g/mol. The smallest absolute Gasteiger partial charge is 0.229 e. The van der Waals surface area contributed by atoms with Crippen LogP contribution in [0.15, 0.2) is 0 Å². The Morgan fingerprint density at radius 2 is 1.19 bits per heavy atom. The summed E-state index contributed by atoms with van der Waals surface area (Å²) in [7, 11) is 0. The minimum atomic E-state index is 0.233. The zero-order valence-corrected chi connectivity index (χ0v) is 16.0. The molecule has 0 amide bonds. The van der Waals surface area contributed by atoms with Gasteiger partial charge in [-0.1, -0.05) is 0 Å². The fraction of sp³-hybridized carbons (Fsp3) is 0.824. The highest BCUT2D eigenvalue weighted by molar-refractivity contribution is 5.39. The molecule has 3 heterocycles. The zero-order valence-electron chi connectivity index (χ0n) is 16.0. The number of aromatic nitrogens is 3. The molecule has 0 unspecified atom stereocenters. The standard InChI is InChI=1S/C17H32N8O2/c18-15-21-16(19-3-1-5-24-7-11-26-12-8-24)23-17(22-15)20-4-2-6-25-9-13-27-14-10-25/h1-14H2,(H4,18,19,20,21,22,23). The molecule has 4 N–H and O–H groups in total. The number of nitrogens with zero attached hydrogens (tertiary/aromatic N) is 5. The van der Waals surface area contributed by atoms with E-state index in [0.29, 0.717) is 11.9 Å². The second-order valence-electron chi connectivity index (χ2n) is 6.81. The lowest BCUT2D eigenvalue weighted by Crippen LogP contribution is -2.37. The van der Waals surface area contributed by atoms with Gasteiger partial charge in [0.25, 0.3) is 0 Å². The van der Waals surface area contributed by atoms with Crippen LogP contribution in [0.1, 0.15) is 12.8 Å². The molecule has 0 saturated carbocycles. The quantitative estimate of drug-likeness (QED) is 0.468. The summed E-state index contributed by atoms with van der Waals surface area (Å²) in [6, 6.07) is 0. The highest BCUT2D eigenvalue weighted by Crippen LogP contribution is 2.07. The normalized spacial score (nSPS) is 19.1. The predicted molar refractivity (Wildman–Crippen MR) is 105 cm³/mol. The van der Waals surface area contributed by atoms with Crippen LogP contribution in [0.5, 0.6) is 0 Å². The summed E-state index contributed by atoms with van der Waals surface area (Å²) in [6.07, 6.45) is 2.04. The van der Waals surface area contributed by atoms with Gasteiger partial charge in [0.05, 0.1) is 26.4 Å². The van der Waals surface area contributed by atoms with E-state index in [-0.39, 0.29) is 5.95 Å². The number of morpholine rings is 2. The van der Waals surface area contributed by atoms with Gasteiger partial charge in [-0.25, -0.2) is 0 Å². The zero-order chi connectivity index (χ0) is 18.7. The maximum absolute atomic E-state index is 5.82. The van der Waals surface area contributed by atoms with Crippen molar-refractivity contribution in [1.29, 1.82) is 0 Å². The van der Waals surface area contributed by atoms with Crippen LogP contribution in [0.4, 0.5) is 17.8 Å². The van der Waals surface area contributed by atoms with Gasteiger partial charge in [-0.15, -0.1) is 0 Å². The molecule has 10 heteroatoms. The average molecular weight is 380 g/mol.